The van der Waals surface area contributed by atoms with Gasteiger partial charge in [-0.05, 0) is 63.8 Å². The molecule has 1 unspecified atom stereocenters. The Hall–Kier alpha value is 1.83. The summed E-state index contributed by atoms with van der Waals surface area (Å²) in [5, 5.41) is 0. The van der Waals surface area contributed by atoms with Gasteiger partial charge < -0.3 is 179 Å². The van der Waals surface area contributed by atoms with Crippen LogP contribution < -0.4 is 0 Å². The molecule has 1 N–H and O–H groups in total. The van der Waals surface area contributed by atoms with Crippen LogP contribution in [0.4, 0.5) is 0 Å². The third-order valence-corrected chi connectivity index (χ3v) is 68.0. The molecule has 1 aliphatic rings. The summed E-state index contributed by atoms with van der Waals surface area (Å²) >= 11 is 0. The van der Waals surface area contributed by atoms with Gasteiger partial charge in [-0.1, -0.05) is 0 Å². The molecule has 606 valence electrons. The third kappa shape index (κ3) is 29.7. The minimum absolute atomic E-state index is 0.0129. The molecule has 0 saturated carbocycles. The minimum Gasteiger partial charge on any atom is -0.417 e. The van der Waals surface area contributed by atoms with Gasteiger partial charge >= 0.3 is 117 Å². The van der Waals surface area contributed by atoms with Crippen molar-refractivity contribution in [2.24, 2.45) is 0 Å². The van der Waals surface area contributed by atoms with Gasteiger partial charge in [-0.15, -0.1) is 0 Å². The van der Waals surface area contributed by atoms with Crippen molar-refractivity contribution in [2.75, 3.05) is 205 Å². The number of hydrogen-bond acceptors (Lipinski definition) is 41. The van der Waals surface area contributed by atoms with Gasteiger partial charge in [0, 0.05) is 216 Å². The molecule has 1 heterocycles. The second kappa shape index (κ2) is 44.9. The molecule has 1 saturated heterocycles. The van der Waals surface area contributed by atoms with Crippen molar-refractivity contribution in [1.82, 2.24) is 0 Å². The Morgan fingerprint density at radius 1 is 0.248 bits per heavy atom. The highest BCUT2D eigenvalue weighted by Crippen LogP contribution is 2.42. The van der Waals surface area contributed by atoms with Gasteiger partial charge in [-0.2, -0.15) is 0 Å². The molecule has 0 aromatic carbocycles. The zero-order valence-corrected chi connectivity index (χ0v) is 81.1. The van der Waals surface area contributed by atoms with Crippen molar-refractivity contribution < 1.29 is 179 Å². The fourth-order valence-corrected chi connectivity index (χ4v) is 70.1. The lowest BCUT2D eigenvalue weighted by Crippen LogP contribution is -2.70. The first-order chi connectivity index (χ1) is 47.3. The predicted molar refractivity (Wildman–Crippen MR) is 384 cm³/mol. The maximum atomic E-state index is 12.0. The van der Waals surface area contributed by atoms with Crippen LogP contribution in [0.15, 0.2) is 0 Å². The molecule has 101 heavy (non-hydrogen) atoms. The van der Waals surface area contributed by atoms with Crippen LogP contribution in [-0.2, 0) is 174 Å². The van der Waals surface area contributed by atoms with Crippen LogP contribution in [0.25, 0.3) is 0 Å². The maximum absolute atomic E-state index is 12.0. The van der Waals surface area contributed by atoms with Gasteiger partial charge in [0.15, 0.2) is 25.0 Å². The van der Waals surface area contributed by atoms with Crippen LogP contribution in [0.3, 0.4) is 0 Å². The van der Waals surface area contributed by atoms with Crippen LogP contribution in [0.2, 0.25) is 81.6 Å². The van der Waals surface area contributed by atoms with E-state index in [-0.39, 0.29) is 61.4 Å². The van der Waals surface area contributed by atoms with Crippen LogP contribution >= 0.6 is 0 Å². The van der Waals surface area contributed by atoms with Crippen molar-refractivity contribution in [3.05, 3.63) is 0 Å². The van der Waals surface area contributed by atoms with E-state index < -0.39 is 142 Å². The largest absolute Gasteiger partial charge is 0.671 e. The number of rotatable bonds is 65. The Balaban J connectivity index is 5.06. The Kier molecular flexibility index (Phi) is 44.8. The van der Waals surface area contributed by atoms with Gasteiger partial charge in [0.25, 0.3) is 0 Å². The van der Waals surface area contributed by atoms with Crippen LogP contribution in [0.5, 0.6) is 0 Å². The zero-order chi connectivity index (χ0) is 77.6. The quantitative estimate of drug-likeness (QED) is 0.0517. The molecule has 57 heteroatoms. The average molecular weight is 1750 g/mol. The van der Waals surface area contributed by atoms with E-state index in [1.54, 1.807) is 0 Å². The van der Waals surface area contributed by atoms with Crippen molar-refractivity contribution >= 4 is 142 Å². The molecule has 0 spiro atoms. The Bertz CT molecular complexity index is 1950. The van der Waals surface area contributed by atoms with Crippen molar-refractivity contribution in [3.63, 3.8) is 0 Å². The van der Waals surface area contributed by atoms with Crippen LogP contribution in [0.1, 0.15) is 6.42 Å². The smallest absolute Gasteiger partial charge is 0.417 e. The highest BCUT2D eigenvalue weighted by Gasteiger charge is 2.71. The van der Waals surface area contributed by atoms with Gasteiger partial charge in [-0.25, -0.2) is 0 Å². The van der Waals surface area contributed by atoms with Crippen molar-refractivity contribution in [1.29, 1.82) is 0 Å². The minimum atomic E-state index is -4.86. The highest BCUT2D eigenvalue weighted by molar-refractivity contribution is 6.93. The maximum Gasteiger partial charge on any atom is 0.671 e. The molecular weight excluding hydrogens is 1630 g/mol. The van der Waals surface area contributed by atoms with Crippen LogP contribution in [-0.4, -0.2) is 357 Å². The highest BCUT2D eigenvalue weighted by atomic mass is 28.6. The van der Waals surface area contributed by atoms with E-state index in [2.05, 4.69) is 0 Å². The average Bonchev–Trinajstić information content (AvgIpc) is 1.72. The van der Waals surface area contributed by atoms with E-state index in [4.69, 9.17) is 174 Å². The lowest BCUT2D eigenvalue weighted by Gasteiger charge is -2.47. The lowest BCUT2D eigenvalue weighted by atomic mass is 10.5. The first-order valence-electron chi connectivity index (χ1n) is 30.9. The molecule has 0 bridgehead atoms. The fraction of sp³-hybridized carbons (Fsp3) is 1.00. The van der Waals surface area contributed by atoms with Gasteiger partial charge in [0.1, 0.15) is 6.10 Å². The first kappa shape index (κ1) is 101. The van der Waals surface area contributed by atoms with E-state index >= 15 is 0 Å². The second-order valence-electron chi connectivity index (χ2n) is 22.7. The normalized spacial score (nSPS) is 16.0. The third-order valence-electron chi connectivity index (χ3n) is 14.9. The summed E-state index contributed by atoms with van der Waals surface area (Å²) in [6, 6.07) is -0.433. The topological polar surface area (TPSA) is 393 Å². The fourth-order valence-electron chi connectivity index (χ4n) is 9.30. The Morgan fingerprint density at radius 3 is 0.594 bits per heavy atom. The SMILES string of the molecule is CO[Si](O)(OC)O[Si](CC[Si](C)(C)O[Si](CCCOCC1CO1)(O[Si](C)(C)CC[Si](O[Si](OC)(OC)OC)(O[Si](OC)(OC)OC)O[Si](OC)(OC)OC)O[Si](C)(C)CC[Si](O[Si](OC)(OC)OC)(O[Si](OC)(OC)OC)O[Si](OC)(OC)OC)(O[Si](OC)(OC)OC)O[Si](OC)(OC)OC. The van der Waals surface area contributed by atoms with Crippen molar-refractivity contribution in [2.45, 2.75) is 94.1 Å². The lowest BCUT2D eigenvalue weighted by molar-refractivity contribution is -0.0282. The number of hydrogen-bond donors (Lipinski definition) is 1. The molecule has 1 atom stereocenters. The number of epoxide rings is 1. The molecule has 1 rings (SSSR count). The Labute approximate surface area is 615 Å². The first-order valence-corrected chi connectivity index (χ1v) is 62.7. The summed E-state index contributed by atoms with van der Waals surface area (Å²) in [5.41, 5.74) is 0. The molecule has 0 aromatic heterocycles. The number of ether oxygens (including phenoxy) is 2. The summed E-state index contributed by atoms with van der Waals surface area (Å²) in [6.45, 7) is 12.6. The molecule has 1 fully saturated rings. The van der Waals surface area contributed by atoms with Crippen molar-refractivity contribution in [3.8, 4) is 0 Å². The molecule has 0 amide bonds. The van der Waals surface area contributed by atoms with E-state index in [1.165, 1.54) is 185 Å². The molecule has 1 aliphatic heterocycles. The van der Waals surface area contributed by atoms with E-state index in [9.17, 15) is 4.80 Å². The van der Waals surface area contributed by atoms with Gasteiger partial charge in [-0.3, -0.25) is 0 Å². The van der Waals surface area contributed by atoms with Gasteiger partial charge in [0.05, 0.1) is 13.2 Å². The zero-order valence-electron chi connectivity index (χ0n) is 65.1. The summed E-state index contributed by atoms with van der Waals surface area (Å²) in [4.78, 5) is 12.0. The van der Waals surface area contributed by atoms with E-state index in [0.717, 1.165) is 0 Å². The molecule has 0 aromatic rings. The van der Waals surface area contributed by atoms with Gasteiger partial charge in [0.2, 0.25) is 0 Å². The molecule has 0 aliphatic carbocycles. The molecule has 0 radical (unpaired) electrons. The van der Waals surface area contributed by atoms with Crippen LogP contribution in [0, 0.1) is 0 Å². The van der Waals surface area contributed by atoms with E-state index in [0.29, 0.717) is 13.2 Å². The molecular formula is C44H120O41Si16. The molecule has 41 nitrogen and oxygen atoms in total. The predicted octanol–water partition coefficient (Wildman–Crippen LogP) is 2.08. The van der Waals surface area contributed by atoms with E-state index in [1.807, 2.05) is 39.3 Å². The second-order valence-corrected chi connectivity index (χ2v) is 71.7. The standard InChI is InChI=1S/C44H120O41Si16/c1-46-93(45,47-2)77-90(78-94(48-3,49-4)50-5,79-95(51-6,52-7)53-8)39-36-86(27,28)74-89(35-33-34-72-42-44-43-73-44,75-87(29,30)37-40-91(80-96(54-9,55-10)56-11,81-97(57-12,58-13)59-14)82-98(60-15,61-16)62-17)76-88(31,32)38-41-92(83-99(63-18,64-19)65-20,84-100(66-21,67-22)68-23)85-101(69-24,70-25)71-26/h44-45H,33-43H2,1-32H3. The summed E-state index contributed by atoms with van der Waals surface area (Å²) < 4.78 is 249. The Morgan fingerprint density at radius 2 is 0.426 bits per heavy atom. The summed E-state index contributed by atoms with van der Waals surface area (Å²) in [5.74, 6) is 0. The summed E-state index contributed by atoms with van der Waals surface area (Å²) in [6.07, 6.45) is 0.208. The monoisotopic (exact) mass is 1750 g/mol. The summed E-state index contributed by atoms with van der Waals surface area (Å²) in [7, 11) is -34.7.